The van der Waals surface area contributed by atoms with Crippen molar-refractivity contribution in [3.8, 4) is 11.5 Å². The van der Waals surface area contributed by atoms with Crippen LogP contribution in [0.5, 0.6) is 11.5 Å². The van der Waals surface area contributed by atoms with E-state index in [1.165, 1.54) is 0 Å². The molecule has 1 aliphatic carbocycles. The Bertz CT molecular complexity index is 797. The zero-order valence-corrected chi connectivity index (χ0v) is 16.2. The van der Waals surface area contributed by atoms with Crippen molar-refractivity contribution in [2.45, 2.75) is 37.6 Å². The molecule has 2 aromatic rings. The third kappa shape index (κ3) is 3.32. The van der Waals surface area contributed by atoms with E-state index in [0.717, 1.165) is 52.8 Å². The summed E-state index contributed by atoms with van der Waals surface area (Å²) < 4.78 is 12.2. The number of fused-ring (bicyclic) bond motifs is 1. The predicted molar refractivity (Wildman–Crippen MR) is 104 cm³/mol. The molecule has 0 unspecified atom stereocenters. The summed E-state index contributed by atoms with van der Waals surface area (Å²) in [5, 5.41) is 3.15. The van der Waals surface area contributed by atoms with Crippen LogP contribution in [-0.2, 0) is 16.8 Å². The third-order valence-electron chi connectivity index (χ3n) is 5.35. The van der Waals surface area contributed by atoms with Crippen LogP contribution in [0.3, 0.4) is 0 Å². The predicted octanol–water partition coefficient (Wildman–Crippen LogP) is 4.35. The number of ether oxygens (including phenoxy) is 2. The van der Waals surface area contributed by atoms with E-state index in [1.807, 2.05) is 30.3 Å². The van der Waals surface area contributed by atoms with Gasteiger partial charge >= 0.3 is 0 Å². The van der Waals surface area contributed by atoms with Gasteiger partial charge in [0, 0.05) is 11.0 Å². The first kappa shape index (κ1) is 17.4. The molecule has 0 bridgehead atoms. The Morgan fingerprint density at radius 1 is 1.00 bits per heavy atom. The topological polar surface area (TPSA) is 47.6 Å². The van der Waals surface area contributed by atoms with Crippen molar-refractivity contribution in [1.82, 2.24) is 5.32 Å². The maximum atomic E-state index is 13.1. The second-order valence-corrected chi connectivity index (χ2v) is 7.87. The Morgan fingerprint density at radius 3 is 2.42 bits per heavy atom. The van der Waals surface area contributed by atoms with Crippen molar-refractivity contribution < 1.29 is 14.3 Å². The second-order valence-electron chi connectivity index (χ2n) is 6.96. The van der Waals surface area contributed by atoms with Crippen LogP contribution in [0.15, 0.2) is 46.9 Å². The number of carbonyl (C=O) groups excluding carboxylic acids is 1. The summed E-state index contributed by atoms with van der Waals surface area (Å²) in [6.07, 6.45) is 3.99. The Labute approximate surface area is 162 Å². The molecule has 1 fully saturated rings. The minimum Gasteiger partial charge on any atom is -0.486 e. The first-order valence-corrected chi connectivity index (χ1v) is 9.90. The average molecular weight is 416 g/mol. The molecule has 1 heterocycles. The first-order valence-electron chi connectivity index (χ1n) is 9.10. The molecule has 4 nitrogen and oxygen atoms in total. The fraction of sp³-hybridized carbons (Fsp3) is 0.381. The van der Waals surface area contributed by atoms with Gasteiger partial charge in [0.25, 0.3) is 0 Å². The Morgan fingerprint density at radius 2 is 1.69 bits per heavy atom. The fourth-order valence-corrected chi connectivity index (χ4v) is 4.21. The van der Waals surface area contributed by atoms with Crippen LogP contribution >= 0.6 is 15.9 Å². The first-order chi connectivity index (χ1) is 12.7. The van der Waals surface area contributed by atoms with Crippen LogP contribution in [0, 0.1) is 0 Å². The van der Waals surface area contributed by atoms with Gasteiger partial charge in [0.1, 0.15) is 13.2 Å². The zero-order chi connectivity index (χ0) is 18.0. The Hall–Kier alpha value is -2.01. The van der Waals surface area contributed by atoms with Gasteiger partial charge in [0.15, 0.2) is 11.5 Å². The number of carbonyl (C=O) groups is 1. The summed E-state index contributed by atoms with van der Waals surface area (Å²) in [5.41, 5.74) is 1.72. The molecule has 0 saturated heterocycles. The van der Waals surface area contributed by atoms with Crippen molar-refractivity contribution in [3.05, 3.63) is 58.1 Å². The molecule has 1 aliphatic heterocycles. The van der Waals surface area contributed by atoms with Gasteiger partial charge in [0.05, 0.1) is 5.41 Å². The van der Waals surface area contributed by atoms with Crippen molar-refractivity contribution in [3.63, 3.8) is 0 Å². The average Bonchev–Trinajstić information content (AvgIpc) is 3.17. The molecule has 0 aromatic heterocycles. The lowest BCUT2D eigenvalue weighted by atomic mass is 9.78. The van der Waals surface area contributed by atoms with E-state index in [0.29, 0.717) is 19.8 Å². The molecule has 0 radical (unpaired) electrons. The molecule has 4 rings (SSSR count). The number of nitrogens with one attached hydrogen (secondary N) is 1. The fourth-order valence-electron chi connectivity index (χ4n) is 3.94. The van der Waals surface area contributed by atoms with Crippen LogP contribution in [0.4, 0.5) is 0 Å². The summed E-state index contributed by atoms with van der Waals surface area (Å²) in [6, 6.07) is 14.0. The lowest BCUT2D eigenvalue weighted by molar-refractivity contribution is -0.126. The van der Waals surface area contributed by atoms with Gasteiger partial charge in [-0.3, -0.25) is 4.79 Å². The Kier molecular flexibility index (Phi) is 4.90. The molecule has 136 valence electrons. The highest BCUT2D eigenvalue weighted by atomic mass is 79.9. The number of hydrogen-bond acceptors (Lipinski definition) is 3. The normalized spacial score (nSPS) is 17.7. The summed E-state index contributed by atoms with van der Waals surface area (Å²) in [7, 11) is 0. The monoisotopic (exact) mass is 415 g/mol. The van der Waals surface area contributed by atoms with Gasteiger partial charge in [-0.25, -0.2) is 0 Å². The minimum atomic E-state index is -0.408. The standard InChI is InChI=1S/C21H22BrNO3/c22-17-6-4-16(5-7-17)21(9-1-2-10-21)20(24)23-14-15-3-8-18-19(13-15)26-12-11-25-18/h3-8,13H,1-2,9-12,14H2,(H,23,24). The van der Waals surface area contributed by atoms with E-state index in [4.69, 9.17) is 9.47 Å². The number of amides is 1. The van der Waals surface area contributed by atoms with Crippen molar-refractivity contribution >= 4 is 21.8 Å². The molecule has 5 heteroatoms. The Balaban J connectivity index is 1.50. The van der Waals surface area contributed by atoms with Crippen LogP contribution in [0.1, 0.15) is 36.8 Å². The highest BCUT2D eigenvalue weighted by Crippen LogP contribution is 2.41. The van der Waals surface area contributed by atoms with Crippen molar-refractivity contribution in [2.24, 2.45) is 0 Å². The lowest BCUT2D eigenvalue weighted by Crippen LogP contribution is -2.42. The molecule has 1 saturated carbocycles. The minimum absolute atomic E-state index is 0.118. The summed E-state index contributed by atoms with van der Waals surface area (Å²) >= 11 is 3.48. The van der Waals surface area contributed by atoms with E-state index in [9.17, 15) is 4.79 Å². The molecule has 1 N–H and O–H groups in total. The van der Waals surface area contributed by atoms with Crippen LogP contribution in [0.2, 0.25) is 0 Å². The van der Waals surface area contributed by atoms with Gasteiger partial charge in [0.2, 0.25) is 5.91 Å². The molecule has 0 atom stereocenters. The van der Waals surface area contributed by atoms with Crippen LogP contribution in [0.25, 0.3) is 0 Å². The summed E-state index contributed by atoms with van der Waals surface area (Å²) in [4.78, 5) is 13.1. The highest BCUT2D eigenvalue weighted by molar-refractivity contribution is 9.10. The van der Waals surface area contributed by atoms with E-state index < -0.39 is 5.41 Å². The van der Waals surface area contributed by atoms with Crippen molar-refractivity contribution in [1.29, 1.82) is 0 Å². The number of halogens is 1. The smallest absolute Gasteiger partial charge is 0.230 e. The van der Waals surface area contributed by atoms with Crippen LogP contribution in [-0.4, -0.2) is 19.1 Å². The molecule has 26 heavy (non-hydrogen) atoms. The second kappa shape index (κ2) is 7.31. The van der Waals surface area contributed by atoms with E-state index in [1.54, 1.807) is 0 Å². The SMILES string of the molecule is O=C(NCc1ccc2c(c1)OCCO2)C1(c2ccc(Br)cc2)CCCC1. The van der Waals surface area contributed by atoms with E-state index in [-0.39, 0.29) is 5.91 Å². The molecular weight excluding hydrogens is 394 g/mol. The number of rotatable bonds is 4. The molecule has 1 amide bonds. The third-order valence-corrected chi connectivity index (χ3v) is 5.88. The number of benzene rings is 2. The summed E-state index contributed by atoms with van der Waals surface area (Å²) in [6.45, 7) is 1.64. The quantitative estimate of drug-likeness (QED) is 0.807. The van der Waals surface area contributed by atoms with Gasteiger partial charge in [-0.2, -0.15) is 0 Å². The van der Waals surface area contributed by atoms with Gasteiger partial charge in [-0.05, 0) is 48.2 Å². The van der Waals surface area contributed by atoms with E-state index >= 15 is 0 Å². The largest absolute Gasteiger partial charge is 0.486 e. The van der Waals surface area contributed by atoms with Gasteiger partial charge in [-0.15, -0.1) is 0 Å². The summed E-state index contributed by atoms with van der Waals surface area (Å²) in [5.74, 6) is 1.65. The maximum Gasteiger partial charge on any atom is 0.230 e. The van der Waals surface area contributed by atoms with Gasteiger partial charge in [-0.1, -0.05) is 47.0 Å². The maximum absolute atomic E-state index is 13.1. The molecule has 2 aromatic carbocycles. The van der Waals surface area contributed by atoms with Crippen molar-refractivity contribution in [2.75, 3.05) is 13.2 Å². The zero-order valence-electron chi connectivity index (χ0n) is 14.6. The molecular formula is C21H22BrNO3. The molecule has 0 spiro atoms. The molecule has 2 aliphatic rings. The van der Waals surface area contributed by atoms with Gasteiger partial charge < -0.3 is 14.8 Å². The lowest BCUT2D eigenvalue weighted by Gasteiger charge is -2.28. The highest BCUT2D eigenvalue weighted by Gasteiger charge is 2.42. The number of hydrogen-bond donors (Lipinski definition) is 1. The van der Waals surface area contributed by atoms with E-state index in [2.05, 4.69) is 33.4 Å². The van der Waals surface area contributed by atoms with Crippen LogP contribution < -0.4 is 14.8 Å².